The van der Waals surface area contributed by atoms with Crippen LogP contribution in [0.25, 0.3) is 55.6 Å². The van der Waals surface area contributed by atoms with Crippen molar-refractivity contribution in [3.05, 3.63) is 246 Å². The molecule has 0 aromatic heterocycles. The molecule has 2 heterocycles. The fourth-order valence-electron chi connectivity index (χ4n) is 12.2. The van der Waals surface area contributed by atoms with Crippen molar-refractivity contribution in [2.45, 2.75) is 73.1 Å². The van der Waals surface area contributed by atoms with Crippen molar-refractivity contribution in [1.82, 2.24) is 0 Å². The number of fused-ring (bicyclic) bond motifs is 4. The summed E-state index contributed by atoms with van der Waals surface area (Å²) in [6, 6.07) is 82.3. The van der Waals surface area contributed by atoms with Crippen molar-refractivity contribution in [1.29, 1.82) is 0 Å². The van der Waals surface area contributed by atoms with E-state index in [1.807, 2.05) is 0 Å². The molecule has 0 fully saturated rings. The Hall–Kier alpha value is -8.14. The van der Waals surface area contributed by atoms with Crippen LogP contribution in [0.5, 0.6) is 0 Å². The van der Waals surface area contributed by atoms with Gasteiger partial charge in [0.2, 0.25) is 0 Å². The van der Waals surface area contributed by atoms with E-state index in [-0.39, 0.29) is 17.5 Å². The molecule has 0 atom stereocenters. The number of aryl methyl sites for hydroxylation is 3. The maximum absolute atomic E-state index is 2.61. The molecule has 74 heavy (non-hydrogen) atoms. The summed E-state index contributed by atoms with van der Waals surface area (Å²) >= 11 is 0. The van der Waals surface area contributed by atoms with Gasteiger partial charge in [0.25, 0.3) is 6.71 Å². The third-order valence-corrected chi connectivity index (χ3v) is 15.6. The van der Waals surface area contributed by atoms with Crippen molar-refractivity contribution in [2.24, 2.45) is 0 Å². The Labute approximate surface area is 439 Å². The molecule has 360 valence electrons. The maximum Gasteiger partial charge on any atom is 0.252 e. The molecular formula is C71H63BN2. The van der Waals surface area contributed by atoms with E-state index in [0.29, 0.717) is 0 Å². The standard InChI is InChI=1S/C71H63BN2/c1-46-38-47(2)68(48(3)39-46)55-40-66-69-67(41-55)74(57-36-32-52(33-37-57)50-24-16-11-17-25-50)65-45-61(71(7,8)9)59(54-28-20-13-21-29-54)43-63(65)72(69)62-42-58(53-26-18-12-19-27-53)60(70(4,5)6)44-64(62)73(66)56-34-30-51(31-35-56)49-22-14-10-15-23-49/h10-45H,1-9H3. The lowest BCUT2D eigenvalue weighted by atomic mass is 9.33. The fourth-order valence-corrected chi connectivity index (χ4v) is 12.2. The summed E-state index contributed by atoms with van der Waals surface area (Å²) in [4.78, 5) is 5.21. The lowest BCUT2D eigenvalue weighted by Gasteiger charge is -2.46. The minimum atomic E-state index is -0.165. The molecule has 0 unspecified atom stereocenters. The highest BCUT2D eigenvalue weighted by atomic mass is 15.2. The second kappa shape index (κ2) is 18.1. The van der Waals surface area contributed by atoms with Crippen molar-refractivity contribution < 1.29 is 0 Å². The Morgan fingerprint density at radius 1 is 0.324 bits per heavy atom. The second-order valence-electron chi connectivity index (χ2n) is 22.8. The zero-order valence-corrected chi connectivity index (χ0v) is 44.3. The molecule has 0 spiro atoms. The highest BCUT2D eigenvalue weighted by Crippen LogP contribution is 2.50. The summed E-state index contributed by atoms with van der Waals surface area (Å²) in [5.41, 5.74) is 29.5. The van der Waals surface area contributed by atoms with Crippen LogP contribution in [0.1, 0.15) is 69.4 Å². The van der Waals surface area contributed by atoms with E-state index in [0.717, 1.165) is 11.4 Å². The summed E-state index contributed by atoms with van der Waals surface area (Å²) in [7, 11) is 0. The summed E-state index contributed by atoms with van der Waals surface area (Å²) in [5, 5.41) is 0. The number of rotatable bonds is 7. The minimum Gasteiger partial charge on any atom is -0.311 e. The van der Waals surface area contributed by atoms with Gasteiger partial charge in [-0.1, -0.05) is 217 Å². The van der Waals surface area contributed by atoms with Crippen molar-refractivity contribution in [3.8, 4) is 55.6 Å². The molecule has 10 aromatic carbocycles. The summed E-state index contributed by atoms with van der Waals surface area (Å²) in [5.74, 6) is 0. The van der Waals surface area contributed by atoms with Crippen LogP contribution in [-0.4, -0.2) is 6.71 Å². The Morgan fingerprint density at radius 2 is 0.662 bits per heavy atom. The number of anilines is 6. The highest BCUT2D eigenvalue weighted by Gasteiger charge is 2.45. The molecule has 10 aromatic rings. The van der Waals surface area contributed by atoms with Crippen molar-refractivity contribution in [2.75, 3.05) is 9.80 Å². The number of hydrogen-bond acceptors (Lipinski definition) is 2. The number of hydrogen-bond donors (Lipinski definition) is 0. The molecule has 2 aliphatic rings. The van der Waals surface area contributed by atoms with E-state index in [1.165, 1.54) is 123 Å². The zero-order chi connectivity index (χ0) is 51.0. The van der Waals surface area contributed by atoms with Crippen LogP contribution in [0.4, 0.5) is 34.1 Å². The minimum absolute atomic E-state index is 0.105. The van der Waals surface area contributed by atoms with Gasteiger partial charge < -0.3 is 9.80 Å². The first-order valence-electron chi connectivity index (χ1n) is 26.4. The quantitative estimate of drug-likeness (QED) is 0.147. The second-order valence-corrected chi connectivity index (χ2v) is 22.8. The van der Waals surface area contributed by atoms with E-state index in [4.69, 9.17) is 0 Å². The van der Waals surface area contributed by atoms with E-state index in [2.05, 4.69) is 291 Å². The Balaban J connectivity index is 1.24. The van der Waals surface area contributed by atoms with Crippen LogP contribution in [-0.2, 0) is 10.8 Å². The molecule has 0 aliphatic carbocycles. The molecule has 0 N–H and O–H groups in total. The highest BCUT2D eigenvalue weighted by molar-refractivity contribution is 7.00. The van der Waals surface area contributed by atoms with Crippen LogP contribution in [0.3, 0.4) is 0 Å². The molecule has 3 heteroatoms. The van der Waals surface area contributed by atoms with E-state index in [9.17, 15) is 0 Å². The van der Waals surface area contributed by atoms with Crippen LogP contribution >= 0.6 is 0 Å². The first-order valence-corrected chi connectivity index (χ1v) is 26.4. The molecule has 0 saturated heterocycles. The van der Waals surface area contributed by atoms with Gasteiger partial charge in [-0.05, 0) is 174 Å². The molecule has 2 aliphatic heterocycles. The molecule has 2 nitrogen and oxygen atoms in total. The Kier molecular flexibility index (Phi) is 11.5. The van der Waals surface area contributed by atoms with E-state index < -0.39 is 0 Å². The van der Waals surface area contributed by atoms with Crippen molar-refractivity contribution in [3.63, 3.8) is 0 Å². The van der Waals surface area contributed by atoms with E-state index >= 15 is 0 Å². The fraction of sp³-hybridized carbons (Fsp3) is 0.155. The predicted octanol–water partition coefficient (Wildman–Crippen LogP) is 17.6. The predicted molar refractivity (Wildman–Crippen MR) is 319 cm³/mol. The Morgan fingerprint density at radius 3 is 1.01 bits per heavy atom. The zero-order valence-electron chi connectivity index (χ0n) is 44.3. The number of nitrogens with zero attached hydrogens (tertiary/aromatic N) is 2. The molecule has 12 rings (SSSR count). The average molecular weight is 955 g/mol. The lowest BCUT2D eigenvalue weighted by molar-refractivity contribution is 0.592. The molecule has 0 amide bonds. The Bertz CT molecular complexity index is 3490. The number of benzene rings is 10. The smallest absolute Gasteiger partial charge is 0.252 e. The first-order chi connectivity index (χ1) is 35.7. The third-order valence-electron chi connectivity index (χ3n) is 15.6. The van der Waals surface area contributed by atoms with Gasteiger partial charge in [0, 0.05) is 34.1 Å². The SMILES string of the molecule is Cc1cc(C)c(-c2cc3c4c(c2)N(c2ccc(-c5ccccc5)cc2)c2cc(C(C)(C)C)c(-c5ccccc5)cc2B4c2cc(-c4ccccc4)c(C(C)(C)C)cc2N3c2ccc(-c3ccccc3)cc2)c(C)c1. The van der Waals surface area contributed by atoms with E-state index in [1.54, 1.807) is 0 Å². The summed E-state index contributed by atoms with van der Waals surface area (Å²) in [6.07, 6.45) is 0. The van der Waals surface area contributed by atoms with Gasteiger partial charge in [0.1, 0.15) is 0 Å². The van der Waals surface area contributed by atoms with Crippen molar-refractivity contribution >= 4 is 57.2 Å². The average Bonchev–Trinajstić information content (AvgIpc) is 3.43. The summed E-state index contributed by atoms with van der Waals surface area (Å²) < 4.78 is 0. The monoisotopic (exact) mass is 955 g/mol. The van der Waals surface area contributed by atoms with Gasteiger partial charge >= 0.3 is 0 Å². The van der Waals surface area contributed by atoms with Crippen LogP contribution < -0.4 is 26.2 Å². The van der Waals surface area contributed by atoms with Crippen LogP contribution in [0, 0.1) is 20.8 Å². The van der Waals surface area contributed by atoms with Gasteiger partial charge in [0.05, 0.1) is 0 Å². The molecule has 0 bridgehead atoms. The van der Waals surface area contributed by atoms with Gasteiger partial charge in [-0.2, -0.15) is 0 Å². The molecule has 0 saturated carbocycles. The first kappa shape index (κ1) is 46.9. The lowest BCUT2D eigenvalue weighted by Crippen LogP contribution is -2.61. The topological polar surface area (TPSA) is 6.48 Å². The normalized spacial score (nSPS) is 12.9. The van der Waals surface area contributed by atoms with Gasteiger partial charge in [0.15, 0.2) is 0 Å². The largest absolute Gasteiger partial charge is 0.311 e. The maximum atomic E-state index is 2.61. The third kappa shape index (κ3) is 8.16. The molecular weight excluding hydrogens is 892 g/mol. The van der Waals surface area contributed by atoms with Gasteiger partial charge in [-0.3, -0.25) is 0 Å². The van der Waals surface area contributed by atoms with Crippen LogP contribution in [0.15, 0.2) is 218 Å². The van der Waals surface area contributed by atoms with Crippen LogP contribution in [0.2, 0.25) is 0 Å². The van der Waals surface area contributed by atoms with Gasteiger partial charge in [-0.25, -0.2) is 0 Å². The molecule has 0 radical (unpaired) electrons. The summed E-state index contributed by atoms with van der Waals surface area (Å²) in [6.45, 7) is 20.9. The van der Waals surface area contributed by atoms with Gasteiger partial charge in [-0.15, -0.1) is 0 Å².